The summed E-state index contributed by atoms with van der Waals surface area (Å²) in [5.74, 6) is 0.558. The van der Waals surface area contributed by atoms with Crippen LogP contribution in [0.2, 0.25) is 10.2 Å². The molecule has 0 aliphatic rings. The lowest BCUT2D eigenvalue weighted by Crippen LogP contribution is -1.97. The Bertz CT molecular complexity index is 775. The second kappa shape index (κ2) is 6.82. The van der Waals surface area contributed by atoms with Crippen molar-refractivity contribution < 1.29 is 4.74 Å². The van der Waals surface area contributed by atoms with Crippen molar-refractivity contribution in [2.24, 2.45) is 0 Å². The Kier molecular flexibility index (Phi) is 4.62. The molecule has 1 aromatic heterocycles. The summed E-state index contributed by atoms with van der Waals surface area (Å²) in [4.78, 5) is 4.19. The van der Waals surface area contributed by atoms with Gasteiger partial charge in [0.15, 0.2) is 10.9 Å². The van der Waals surface area contributed by atoms with E-state index in [0.717, 1.165) is 16.7 Å². The lowest BCUT2D eigenvalue weighted by molar-refractivity contribution is 0.305. The number of benzene rings is 2. The van der Waals surface area contributed by atoms with E-state index in [2.05, 4.69) is 4.98 Å². The molecule has 0 saturated carbocycles. The van der Waals surface area contributed by atoms with Gasteiger partial charge in [-0.05, 0) is 29.3 Å². The van der Waals surface area contributed by atoms with Crippen molar-refractivity contribution in [3.05, 3.63) is 82.6 Å². The van der Waals surface area contributed by atoms with Gasteiger partial charge in [-0.25, -0.2) is 4.98 Å². The second-order valence-corrected chi connectivity index (χ2v) is 5.59. The molecule has 0 radical (unpaired) electrons. The Balaban J connectivity index is 1.84. The number of aromatic nitrogens is 1. The zero-order valence-electron chi connectivity index (χ0n) is 11.7. The Morgan fingerprint density at radius 3 is 2.45 bits per heavy atom. The van der Waals surface area contributed by atoms with Crippen molar-refractivity contribution >= 4 is 23.2 Å². The van der Waals surface area contributed by atoms with Gasteiger partial charge in [0.2, 0.25) is 0 Å². The molecule has 2 nitrogen and oxygen atoms in total. The first-order valence-corrected chi connectivity index (χ1v) is 7.56. The molecular weight excluding hydrogens is 317 g/mol. The summed E-state index contributed by atoms with van der Waals surface area (Å²) in [6, 6.07) is 19.4. The summed E-state index contributed by atoms with van der Waals surface area (Å²) in [6.07, 6.45) is 1.71. The van der Waals surface area contributed by atoms with E-state index in [9.17, 15) is 0 Å². The van der Waals surface area contributed by atoms with E-state index in [1.165, 1.54) is 0 Å². The molecule has 0 amide bonds. The van der Waals surface area contributed by atoms with Gasteiger partial charge in [-0.2, -0.15) is 0 Å². The van der Waals surface area contributed by atoms with Crippen LogP contribution in [0.25, 0.3) is 11.1 Å². The fourth-order valence-corrected chi connectivity index (χ4v) is 2.44. The minimum atomic E-state index is 0.349. The quantitative estimate of drug-likeness (QED) is 0.578. The third-order valence-corrected chi connectivity index (χ3v) is 3.72. The summed E-state index contributed by atoms with van der Waals surface area (Å²) in [7, 11) is 0. The van der Waals surface area contributed by atoms with Gasteiger partial charge in [-0.15, -0.1) is 0 Å². The molecule has 110 valence electrons. The first-order valence-electron chi connectivity index (χ1n) is 6.80. The normalized spacial score (nSPS) is 10.5. The predicted octanol–water partition coefficient (Wildman–Crippen LogP) is 5.63. The molecule has 0 fully saturated rings. The van der Waals surface area contributed by atoms with Gasteiger partial charge in [-0.3, -0.25) is 0 Å². The SMILES string of the molecule is Clc1cccc(-c2cnc(Cl)c(OCc3ccccc3)c2)c1. The van der Waals surface area contributed by atoms with E-state index < -0.39 is 0 Å². The molecule has 3 rings (SSSR count). The maximum atomic E-state index is 6.12. The van der Waals surface area contributed by atoms with Gasteiger partial charge in [0.25, 0.3) is 0 Å². The van der Waals surface area contributed by atoms with E-state index in [4.69, 9.17) is 27.9 Å². The Labute approximate surface area is 139 Å². The molecule has 0 N–H and O–H groups in total. The lowest BCUT2D eigenvalue weighted by Gasteiger charge is -2.10. The zero-order chi connectivity index (χ0) is 15.4. The number of hydrogen-bond donors (Lipinski definition) is 0. The van der Waals surface area contributed by atoms with Crippen LogP contribution in [-0.4, -0.2) is 4.98 Å². The number of halogens is 2. The van der Waals surface area contributed by atoms with Gasteiger partial charge in [0.1, 0.15) is 6.61 Å². The van der Waals surface area contributed by atoms with Gasteiger partial charge >= 0.3 is 0 Å². The van der Waals surface area contributed by atoms with Crippen molar-refractivity contribution in [1.29, 1.82) is 0 Å². The van der Waals surface area contributed by atoms with E-state index in [1.807, 2.05) is 60.7 Å². The maximum Gasteiger partial charge on any atom is 0.171 e. The second-order valence-electron chi connectivity index (χ2n) is 4.80. The average Bonchev–Trinajstić information content (AvgIpc) is 2.55. The van der Waals surface area contributed by atoms with Crippen LogP contribution in [0.1, 0.15) is 5.56 Å². The molecule has 0 aliphatic heterocycles. The van der Waals surface area contributed by atoms with Gasteiger partial charge in [0, 0.05) is 16.8 Å². The number of rotatable bonds is 4. The summed E-state index contributed by atoms with van der Waals surface area (Å²) in [5.41, 5.74) is 2.96. The highest BCUT2D eigenvalue weighted by atomic mass is 35.5. The fraction of sp³-hybridized carbons (Fsp3) is 0.0556. The molecule has 2 aromatic carbocycles. The van der Waals surface area contributed by atoms with Crippen molar-refractivity contribution in [1.82, 2.24) is 4.98 Å². The molecule has 0 unspecified atom stereocenters. The largest absolute Gasteiger partial charge is 0.486 e. The molecule has 0 aliphatic carbocycles. The highest BCUT2D eigenvalue weighted by Crippen LogP contribution is 2.30. The van der Waals surface area contributed by atoms with Crippen LogP contribution >= 0.6 is 23.2 Å². The molecule has 0 bridgehead atoms. The van der Waals surface area contributed by atoms with Crippen LogP contribution in [-0.2, 0) is 6.61 Å². The minimum absolute atomic E-state index is 0.349. The third-order valence-electron chi connectivity index (χ3n) is 3.20. The van der Waals surface area contributed by atoms with Crippen molar-refractivity contribution in [2.75, 3.05) is 0 Å². The molecule has 22 heavy (non-hydrogen) atoms. The molecule has 0 atom stereocenters. The van der Waals surface area contributed by atoms with E-state index >= 15 is 0 Å². The molecule has 3 aromatic rings. The number of ether oxygens (including phenoxy) is 1. The maximum absolute atomic E-state index is 6.12. The lowest BCUT2D eigenvalue weighted by atomic mass is 10.1. The van der Waals surface area contributed by atoms with Crippen LogP contribution in [0.4, 0.5) is 0 Å². The molecule has 0 saturated heterocycles. The van der Waals surface area contributed by atoms with Crippen LogP contribution in [0.3, 0.4) is 0 Å². The topological polar surface area (TPSA) is 22.1 Å². The van der Waals surface area contributed by atoms with E-state index in [-0.39, 0.29) is 0 Å². The van der Waals surface area contributed by atoms with Crippen LogP contribution in [0.5, 0.6) is 5.75 Å². The Morgan fingerprint density at radius 2 is 1.68 bits per heavy atom. The van der Waals surface area contributed by atoms with Crippen molar-refractivity contribution in [3.8, 4) is 16.9 Å². The highest BCUT2D eigenvalue weighted by molar-refractivity contribution is 6.31. The van der Waals surface area contributed by atoms with Crippen LogP contribution < -0.4 is 4.74 Å². The smallest absolute Gasteiger partial charge is 0.171 e. The first kappa shape index (κ1) is 14.9. The number of hydrogen-bond acceptors (Lipinski definition) is 2. The number of nitrogens with zero attached hydrogens (tertiary/aromatic N) is 1. The average molecular weight is 330 g/mol. The summed E-state index contributed by atoms with van der Waals surface area (Å²) in [6.45, 7) is 0.446. The van der Waals surface area contributed by atoms with Crippen LogP contribution in [0.15, 0.2) is 66.9 Å². The van der Waals surface area contributed by atoms with E-state index in [1.54, 1.807) is 6.20 Å². The van der Waals surface area contributed by atoms with Gasteiger partial charge in [-0.1, -0.05) is 65.7 Å². The number of pyridine rings is 1. The van der Waals surface area contributed by atoms with Gasteiger partial charge < -0.3 is 4.74 Å². The molecular formula is C18H13Cl2NO. The predicted molar refractivity (Wildman–Crippen MR) is 90.5 cm³/mol. The first-order chi connectivity index (χ1) is 10.7. The van der Waals surface area contributed by atoms with Crippen molar-refractivity contribution in [3.63, 3.8) is 0 Å². The zero-order valence-corrected chi connectivity index (χ0v) is 13.2. The van der Waals surface area contributed by atoms with Gasteiger partial charge in [0.05, 0.1) is 0 Å². The van der Waals surface area contributed by atoms with Crippen LogP contribution in [0, 0.1) is 0 Å². The third kappa shape index (κ3) is 3.59. The minimum Gasteiger partial charge on any atom is -0.486 e. The monoisotopic (exact) mass is 329 g/mol. The molecule has 0 spiro atoms. The highest BCUT2D eigenvalue weighted by Gasteiger charge is 2.07. The Hall–Kier alpha value is -2.03. The summed E-state index contributed by atoms with van der Waals surface area (Å²) < 4.78 is 5.79. The molecule has 1 heterocycles. The molecule has 4 heteroatoms. The fourth-order valence-electron chi connectivity index (χ4n) is 2.09. The summed E-state index contributed by atoms with van der Waals surface area (Å²) >= 11 is 12.1. The standard InChI is InChI=1S/C18H13Cl2NO/c19-16-8-4-7-14(9-16)15-10-17(18(20)21-11-15)22-12-13-5-2-1-3-6-13/h1-11H,12H2. The Morgan fingerprint density at radius 1 is 0.864 bits per heavy atom. The summed E-state index contributed by atoms with van der Waals surface area (Å²) in [5, 5.41) is 1.03. The van der Waals surface area contributed by atoms with E-state index in [0.29, 0.717) is 22.5 Å². The van der Waals surface area contributed by atoms with Crippen molar-refractivity contribution in [2.45, 2.75) is 6.61 Å².